The van der Waals surface area contributed by atoms with Gasteiger partial charge in [0.1, 0.15) is 6.04 Å². The maximum atomic E-state index is 11.5. The van der Waals surface area contributed by atoms with E-state index in [0.29, 0.717) is 37.7 Å². The van der Waals surface area contributed by atoms with Gasteiger partial charge in [-0.25, -0.2) is 0 Å². The summed E-state index contributed by atoms with van der Waals surface area (Å²) in [5.41, 5.74) is 2.07. The molecule has 0 radical (unpaired) electrons. The molecule has 4 nitrogen and oxygen atoms in total. The third-order valence-corrected chi connectivity index (χ3v) is 3.73. The second kappa shape index (κ2) is 6.37. The summed E-state index contributed by atoms with van der Waals surface area (Å²) in [6, 6.07) is 5.09. The molecule has 1 aliphatic rings. The van der Waals surface area contributed by atoms with Gasteiger partial charge in [-0.15, -0.1) is 0 Å². The van der Waals surface area contributed by atoms with Crippen LogP contribution in [0.2, 0.25) is 5.02 Å². The van der Waals surface area contributed by atoms with Crippen molar-refractivity contribution in [2.75, 3.05) is 26.3 Å². The highest BCUT2D eigenvalue weighted by atomic mass is 35.5. The van der Waals surface area contributed by atoms with Gasteiger partial charge >= 0.3 is 5.97 Å². The number of aliphatic carboxylic acids is 1. The smallest absolute Gasteiger partial charge is 0.321 e. The zero-order chi connectivity index (χ0) is 13.8. The summed E-state index contributed by atoms with van der Waals surface area (Å²) in [6.45, 7) is 4.49. The van der Waals surface area contributed by atoms with Crippen LogP contribution in [0.5, 0.6) is 0 Å². The van der Waals surface area contributed by atoms with Crippen molar-refractivity contribution >= 4 is 17.6 Å². The molecule has 1 fully saturated rings. The Bertz CT molecular complexity index is 458. The molecule has 0 bridgehead atoms. The minimum atomic E-state index is -0.790. The molecule has 0 aromatic heterocycles. The van der Waals surface area contributed by atoms with E-state index in [4.69, 9.17) is 16.3 Å². The Hall–Kier alpha value is -1.10. The molecule has 1 aromatic rings. The van der Waals surface area contributed by atoms with Crippen molar-refractivity contribution in [1.82, 2.24) is 4.90 Å². The SMILES string of the molecule is Cc1ccc(Cl)cc1C[C@@H](C(=O)O)N1CCOCC1. The molecule has 2 rings (SSSR count). The Morgan fingerprint density at radius 3 is 2.79 bits per heavy atom. The topological polar surface area (TPSA) is 49.8 Å². The molecule has 104 valence electrons. The highest BCUT2D eigenvalue weighted by Gasteiger charge is 2.27. The minimum Gasteiger partial charge on any atom is -0.480 e. The third kappa shape index (κ3) is 3.69. The van der Waals surface area contributed by atoms with E-state index in [-0.39, 0.29) is 0 Å². The van der Waals surface area contributed by atoms with Gasteiger partial charge in [0, 0.05) is 18.1 Å². The van der Waals surface area contributed by atoms with Crippen molar-refractivity contribution in [3.8, 4) is 0 Å². The van der Waals surface area contributed by atoms with Crippen LogP contribution in [0.1, 0.15) is 11.1 Å². The Kier molecular flexibility index (Phi) is 4.80. The molecule has 0 amide bonds. The molecule has 0 spiro atoms. The lowest BCUT2D eigenvalue weighted by molar-refractivity contribution is -0.145. The predicted molar refractivity (Wildman–Crippen MR) is 73.7 cm³/mol. The predicted octanol–water partition coefficient (Wildman–Crippen LogP) is 1.98. The van der Waals surface area contributed by atoms with Crippen molar-refractivity contribution in [1.29, 1.82) is 0 Å². The van der Waals surface area contributed by atoms with E-state index in [1.165, 1.54) is 0 Å². The summed E-state index contributed by atoms with van der Waals surface area (Å²) in [5, 5.41) is 10.1. The lowest BCUT2D eigenvalue weighted by Crippen LogP contribution is -2.48. The summed E-state index contributed by atoms with van der Waals surface area (Å²) < 4.78 is 5.27. The fraction of sp³-hybridized carbons (Fsp3) is 0.500. The van der Waals surface area contributed by atoms with Crippen molar-refractivity contribution in [2.45, 2.75) is 19.4 Å². The van der Waals surface area contributed by atoms with Gasteiger partial charge in [-0.3, -0.25) is 9.69 Å². The largest absolute Gasteiger partial charge is 0.480 e. The van der Waals surface area contributed by atoms with E-state index >= 15 is 0 Å². The van der Waals surface area contributed by atoms with E-state index in [0.717, 1.165) is 11.1 Å². The van der Waals surface area contributed by atoms with Crippen molar-refractivity contribution in [3.05, 3.63) is 34.3 Å². The van der Waals surface area contributed by atoms with Crippen LogP contribution in [0.3, 0.4) is 0 Å². The lowest BCUT2D eigenvalue weighted by Gasteiger charge is -2.32. The summed E-state index contributed by atoms with van der Waals surface area (Å²) in [6.07, 6.45) is 0.474. The number of ether oxygens (including phenoxy) is 1. The van der Waals surface area contributed by atoms with Gasteiger partial charge in [0.2, 0.25) is 0 Å². The Labute approximate surface area is 117 Å². The number of benzene rings is 1. The van der Waals surface area contributed by atoms with Crippen LogP contribution in [-0.4, -0.2) is 48.3 Å². The zero-order valence-corrected chi connectivity index (χ0v) is 11.7. The summed E-state index contributed by atoms with van der Waals surface area (Å²) in [7, 11) is 0. The number of carboxylic acid groups (broad SMARTS) is 1. The number of hydrogen-bond acceptors (Lipinski definition) is 3. The van der Waals surface area contributed by atoms with Gasteiger partial charge in [0.25, 0.3) is 0 Å². The van der Waals surface area contributed by atoms with E-state index in [1.54, 1.807) is 0 Å². The second-order valence-corrected chi connectivity index (χ2v) is 5.21. The molecule has 5 heteroatoms. The van der Waals surface area contributed by atoms with Gasteiger partial charge < -0.3 is 9.84 Å². The van der Waals surface area contributed by atoms with Crippen LogP contribution in [0.4, 0.5) is 0 Å². The zero-order valence-electron chi connectivity index (χ0n) is 10.9. The van der Waals surface area contributed by atoms with Crippen LogP contribution in [0.15, 0.2) is 18.2 Å². The standard InChI is InChI=1S/C14H18ClNO3/c1-10-2-3-12(15)8-11(10)9-13(14(17)18)16-4-6-19-7-5-16/h2-3,8,13H,4-7,9H2,1H3,(H,17,18)/t13-/m0/s1. The van der Waals surface area contributed by atoms with E-state index in [9.17, 15) is 9.90 Å². The molecule has 1 aromatic carbocycles. The molecule has 1 heterocycles. The molecule has 1 aliphatic heterocycles. The number of carbonyl (C=O) groups is 1. The van der Waals surface area contributed by atoms with Crippen LogP contribution >= 0.6 is 11.6 Å². The highest BCUT2D eigenvalue weighted by Crippen LogP contribution is 2.19. The molecule has 1 N–H and O–H groups in total. The fourth-order valence-corrected chi connectivity index (χ4v) is 2.52. The third-order valence-electron chi connectivity index (χ3n) is 3.50. The first-order valence-electron chi connectivity index (χ1n) is 6.37. The van der Waals surface area contributed by atoms with Crippen LogP contribution in [0.25, 0.3) is 0 Å². The van der Waals surface area contributed by atoms with Gasteiger partial charge in [-0.2, -0.15) is 0 Å². The molecule has 1 atom stereocenters. The highest BCUT2D eigenvalue weighted by molar-refractivity contribution is 6.30. The van der Waals surface area contributed by atoms with Crippen molar-refractivity contribution < 1.29 is 14.6 Å². The second-order valence-electron chi connectivity index (χ2n) is 4.78. The maximum absolute atomic E-state index is 11.5. The van der Waals surface area contributed by atoms with E-state index in [2.05, 4.69) is 0 Å². The Morgan fingerprint density at radius 2 is 2.16 bits per heavy atom. The molecular weight excluding hydrogens is 266 g/mol. The molecule has 0 aliphatic carbocycles. The van der Waals surface area contributed by atoms with Gasteiger partial charge in [0.15, 0.2) is 0 Å². The van der Waals surface area contributed by atoms with Crippen LogP contribution in [-0.2, 0) is 16.0 Å². The van der Waals surface area contributed by atoms with Gasteiger partial charge in [-0.1, -0.05) is 17.7 Å². The average molecular weight is 284 g/mol. The first-order chi connectivity index (χ1) is 9.08. The molecule has 19 heavy (non-hydrogen) atoms. The summed E-state index contributed by atoms with van der Waals surface area (Å²) in [4.78, 5) is 13.4. The fourth-order valence-electron chi connectivity index (χ4n) is 2.33. The number of carboxylic acids is 1. The number of morpholine rings is 1. The van der Waals surface area contributed by atoms with Crippen LogP contribution in [0, 0.1) is 6.92 Å². The summed E-state index contributed by atoms with van der Waals surface area (Å²) in [5.74, 6) is -0.790. The quantitative estimate of drug-likeness (QED) is 0.918. The number of nitrogens with zero attached hydrogens (tertiary/aromatic N) is 1. The van der Waals surface area contributed by atoms with Gasteiger partial charge in [-0.05, 0) is 36.6 Å². The number of rotatable bonds is 4. The molecular formula is C14H18ClNO3. The van der Waals surface area contributed by atoms with Crippen molar-refractivity contribution in [3.63, 3.8) is 0 Å². The molecule has 0 unspecified atom stereocenters. The van der Waals surface area contributed by atoms with E-state index in [1.807, 2.05) is 30.0 Å². The Morgan fingerprint density at radius 1 is 1.47 bits per heavy atom. The first-order valence-corrected chi connectivity index (χ1v) is 6.75. The number of hydrogen-bond donors (Lipinski definition) is 1. The Balaban J connectivity index is 2.15. The monoisotopic (exact) mass is 283 g/mol. The first kappa shape index (κ1) is 14.3. The maximum Gasteiger partial charge on any atom is 0.321 e. The summed E-state index contributed by atoms with van der Waals surface area (Å²) >= 11 is 5.98. The van der Waals surface area contributed by atoms with Crippen molar-refractivity contribution in [2.24, 2.45) is 0 Å². The minimum absolute atomic E-state index is 0.474. The van der Waals surface area contributed by atoms with E-state index < -0.39 is 12.0 Å². The lowest BCUT2D eigenvalue weighted by atomic mass is 10.00. The molecule has 1 saturated heterocycles. The number of aryl methyl sites for hydroxylation is 1. The number of halogens is 1. The van der Waals surface area contributed by atoms with Crippen LogP contribution < -0.4 is 0 Å². The normalized spacial score (nSPS) is 18.2. The average Bonchev–Trinajstić information content (AvgIpc) is 2.40. The van der Waals surface area contributed by atoms with Gasteiger partial charge in [0.05, 0.1) is 13.2 Å². The molecule has 0 saturated carbocycles.